The molecular formula is C18H23N3O4S2. The van der Waals surface area contributed by atoms with E-state index in [2.05, 4.69) is 10.3 Å². The lowest BCUT2D eigenvalue weighted by molar-refractivity contribution is 0.0942. The van der Waals surface area contributed by atoms with Gasteiger partial charge < -0.3 is 15.0 Å². The number of thioether (sulfide) groups is 1. The smallest absolute Gasteiger partial charge is 0.267 e. The molecule has 1 fully saturated rings. The molecule has 1 aliphatic rings. The highest BCUT2D eigenvalue weighted by Crippen LogP contribution is 2.21. The Kier molecular flexibility index (Phi) is 6.46. The molecule has 0 radical (unpaired) electrons. The van der Waals surface area contributed by atoms with E-state index in [-0.39, 0.29) is 16.5 Å². The first-order valence-electron chi connectivity index (χ1n) is 8.71. The summed E-state index contributed by atoms with van der Waals surface area (Å²) in [4.78, 5) is 15.1. The number of carbonyl (C=O) groups is 1. The molecule has 0 bridgehead atoms. The Labute approximate surface area is 163 Å². The predicted molar refractivity (Wildman–Crippen MR) is 106 cm³/mol. The molecule has 0 unspecified atom stereocenters. The maximum Gasteiger partial charge on any atom is 0.267 e. The summed E-state index contributed by atoms with van der Waals surface area (Å²) in [6.07, 6.45) is 1.37. The van der Waals surface area contributed by atoms with Crippen LogP contribution in [0.15, 0.2) is 41.4 Å². The number of benzene rings is 1. The topological polar surface area (TPSA) is 91.5 Å². The third-order valence-corrected chi connectivity index (χ3v) is 7.07. The minimum absolute atomic E-state index is 0.121. The average Bonchev–Trinajstić information content (AvgIpc) is 3.18. The monoisotopic (exact) mass is 409 g/mol. The van der Waals surface area contributed by atoms with Gasteiger partial charge in [-0.1, -0.05) is 18.2 Å². The zero-order chi connectivity index (χ0) is 19.3. The van der Waals surface area contributed by atoms with Gasteiger partial charge in [0, 0.05) is 30.8 Å². The normalized spacial score (nSPS) is 15.4. The molecule has 0 atom stereocenters. The van der Waals surface area contributed by atoms with Crippen LogP contribution in [0.1, 0.15) is 16.1 Å². The lowest BCUT2D eigenvalue weighted by Crippen LogP contribution is -2.37. The van der Waals surface area contributed by atoms with Crippen molar-refractivity contribution >= 4 is 27.7 Å². The summed E-state index contributed by atoms with van der Waals surface area (Å²) >= 11 is 1.74. The number of nitrogens with zero attached hydrogens (tertiary/aromatic N) is 1. The molecule has 1 aliphatic heterocycles. The molecule has 1 saturated heterocycles. The molecule has 1 aromatic heterocycles. The maximum absolute atomic E-state index is 12.6. The molecule has 0 saturated carbocycles. The fourth-order valence-corrected chi connectivity index (χ4v) is 5.30. The Bertz CT molecular complexity index is 890. The van der Waals surface area contributed by atoms with E-state index in [9.17, 15) is 13.2 Å². The second-order valence-electron chi connectivity index (χ2n) is 6.14. The van der Waals surface area contributed by atoms with Gasteiger partial charge in [0.1, 0.15) is 22.9 Å². The number of hydrogen-bond acceptors (Lipinski definition) is 5. The minimum atomic E-state index is -3.56. The van der Waals surface area contributed by atoms with Crippen LogP contribution in [0.2, 0.25) is 0 Å². The fraction of sp³-hybridized carbons (Fsp3) is 0.389. The van der Waals surface area contributed by atoms with Crippen LogP contribution in [0, 0.1) is 6.92 Å². The first kappa shape index (κ1) is 19.8. The highest BCUT2D eigenvalue weighted by molar-refractivity contribution is 7.99. The number of aromatic amines is 1. The highest BCUT2D eigenvalue weighted by Gasteiger charge is 2.27. The molecule has 1 aromatic carbocycles. The molecule has 2 heterocycles. The maximum atomic E-state index is 12.6. The number of ether oxygens (including phenoxy) is 1. The van der Waals surface area contributed by atoms with E-state index in [0.29, 0.717) is 26.2 Å². The molecule has 2 aromatic rings. The standard InChI is InChI=1S/C18H23N3O4S2/c1-14-4-2-3-5-17(14)25-9-6-19-18(22)16-12-15(13-20-16)27(23,24)21-7-10-26-11-8-21/h2-5,12-13,20H,6-11H2,1H3,(H,19,22). The SMILES string of the molecule is Cc1ccccc1OCCNC(=O)c1cc(S(=O)(=O)N2CCSCC2)c[nH]1. The van der Waals surface area contributed by atoms with E-state index in [4.69, 9.17) is 4.74 Å². The molecule has 27 heavy (non-hydrogen) atoms. The Hall–Kier alpha value is -1.97. The van der Waals surface area contributed by atoms with Gasteiger partial charge in [0.05, 0.1) is 6.54 Å². The third kappa shape index (κ3) is 4.85. The molecule has 9 heteroatoms. The molecule has 2 N–H and O–H groups in total. The van der Waals surface area contributed by atoms with Gasteiger partial charge in [-0.15, -0.1) is 0 Å². The van der Waals surface area contributed by atoms with Crippen molar-refractivity contribution < 1.29 is 17.9 Å². The highest BCUT2D eigenvalue weighted by atomic mass is 32.2. The Balaban J connectivity index is 1.53. The average molecular weight is 410 g/mol. The van der Waals surface area contributed by atoms with E-state index in [1.165, 1.54) is 16.6 Å². The van der Waals surface area contributed by atoms with Gasteiger partial charge in [-0.2, -0.15) is 16.1 Å². The molecular weight excluding hydrogens is 386 g/mol. The summed E-state index contributed by atoms with van der Waals surface area (Å²) in [5, 5.41) is 2.73. The van der Waals surface area contributed by atoms with E-state index in [1.807, 2.05) is 31.2 Å². The first-order valence-corrected chi connectivity index (χ1v) is 11.3. The van der Waals surface area contributed by atoms with Gasteiger partial charge in [0.2, 0.25) is 10.0 Å². The summed E-state index contributed by atoms with van der Waals surface area (Å²) in [6, 6.07) is 9.04. The lowest BCUT2D eigenvalue weighted by atomic mass is 10.2. The number of aromatic nitrogens is 1. The van der Waals surface area contributed by atoms with Crippen molar-refractivity contribution in [2.24, 2.45) is 0 Å². The van der Waals surface area contributed by atoms with E-state index >= 15 is 0 Å². The summed E-state index contributed by atoms with van der Waals surface area (Å²) in [5.74, 6) is 1.99. The van der Waals surface area contributed by atoms with Crippen LogP contribution in [-0.4, -0.2) is 61.4 Å². The molecule has 0 aliphatic carbocycles. The number of aryl methyl sites for hydroxylation is 1. The van der Waals surface area contributed by atoms with Crippen LogP contribution in [-0.2, 0) is 10.0 Å². The zero-order valence-corrected chi connectivity index (χ0v) is 16.7. The third-order valence-electron chi connectivity index (χ3n) is 4.25. The Morgan fingerprint density at radius 3 is 2.78 bits per heavy atom. The second-order valence-corrected chi connectivity index (χ2v) is 9.30. The van der Waals surface area contributed by atoms with Gasteiger partial charge in [-0.05, 0) is 24.6 Å². The van der Waals surface area contributed by atoms with E-state index in [1.54, 1.807) is 11.8 Å². The van der Waals surface area contributed by atoms with Crippen molar-refractivity contribution in [2.45, 2.75) is 11.8 Å². The van der Waals surface area contributed by atoms with Gasteiger partial charge in [0.25, 0.3) is 5.91 Å². The number of amides is 1. The van der Waals surface area contributed by atoms with E-state index < -0.39 is 10.0 Å². The molecule has 3 rings (SSSR count). The van der Waals surface area contributed by atoms with Gasteiger partial charge in [-0.3, -0.25) is 4.79 Å². The number of nitrogens with one attached hydrogen (secondary N) is 2. The van der Waals surface area contributed by atoms with E-state index in [0.717, 1.165) is 22.8 Å². The summed E-state index contributed by atoms with van der Waals surface area (Å²) in [5.41, 5.74) is 1.25. The predicted octanol–water partition coefficient (Wildman–Crippen LogP) is 1.87. The fourth-order valence-electron chi connectivity index (χ4n) is 2.73. The molecule has 0 spiro atoms. The Morgan fingerprint density at radius 1 is 1.30 bits per heavy atom. The summed E-state index contributed by atoms with van der Waals surface area (Å²) in [7, 11) is -3.56. The van der Waals surface area contributed by atoms with Crippen molar-refractivity contribution in [1.29, 1.82) is 0 Å². The van der Waals surface area contributed by atoms with Crippen LogP contribution >= 0.6 is 11.8 Å². The summed E-state index contributed by atoms with van der Waals surface area (Å²) < 4.78 is 32.3. The number of sulfonamides is 1. The lowest BCUT2D eigenvalue weighted by Gasteiger charge is -2.24. The molecule has 146 valence electrons. The van der Waals surface area contributed by atoms with Crippen molar-refractivity contribution in [3.63, 3.8) is 0 Å². The van der Waals surface area contributed by atoms with Gasteiger partial charge >= 0.3 is 0 Å². The van der Waals surface area contributed by atoms with Crippen LogP contribution in [0.25, 0.3) is 0 Å². The largest absolute Gasteiger partial charge is 0.491 e. The van der Waals surface area contributed by atoms with Crippen molar-refractivity contribution in [2.75, 3.05) is 37.7 Å². The van der Waals surface area contributed by atoms with Crippen LogP contribution < -0.4 is 10.1 Å². The number of H-pyrrole nitrogens is 1. The van der Waals surface area contributed by atoms with Crippen molar-refractivity contribution in [3.05, 3.63) is 47.8 Å². The quantitative estimate of drug-likeness (QED) is 0.681. The number of hydrogen-bond donors (Lipinski definition) is 2. The molecule has 1 amide bonds. The first-order chi connectivity index (χ1) is 13.0. The Morgan fingerprint density at radius 2 is 2.04 bits per heavy atom. The van der Waals surface area contributed by atoms with Crippen LogP contribution in [0.4, 0.5) is 0 Å². The van der Waals surface area contributed by atoms with Crippen LogP contribution in [0.3, 0.4) is 0 Å². The van der Waals surface area contributed by atoms with Crippen molar-refractivity contribution in [1.82, 2.24) is 14.6 Å². The minimum Gasteiger partial charge on any atom is -0.491 e. The second kappa shape index (κ2) is 8.81. The van der Waals surface area contributed by atoms with Gasteiger partial charge in [0.15, 0.2) is 0 Å². The van der Waals surface area contributed by atoms with Crippen LogP contribution in [0.5, 0.6) is 5.75 Å². The number of rotatable bonds is 7. The zero-order valence-electron chi connectivity index (χ0n) is 15.1. The number of para-hydroxylation sites is 1. The van der Waals surface area contributed by atoms with Gasteiger partial charge in [-0.25, -0.2) is 8.42 Å². The van der Waals surface area contributed by atoms with Crippen molar-refractivity contribution in [3.8, 4) is 5.75 Å². The summed E-state index contributed by atoms with van der Waals surface area (Å²) in [6.45, 7) is 3.59. The molecule has 7 nitrogen and oxygen atoms in total. The number of carbonyl (C=O) groups excluding carboxylic acids is 1.